The molecule has 25 nitrogen and oxygen atoms in total. The average Bonchev–Trinajstić information content (AvgIpc) is 2.34. The Bertz CT molecular complexity index is 540. The maximum atomic E-state index is 10.1. The Morgan fingerprint density at radius 1 is 0.349 bits per heavy atom. The van der Waals surface area contributed by atoms with Gasteiger partial charge in [-0.15, -0.1) is 0 Å². The molecular formula is C12H32Na6O25. The van der Waals surface area contributed by atoms with Gasteiger partial charge in [-0.1, -0.05) is 0 Å². The molecule has 0 aliphatic heterocycles. The average molecular weight is 714 g/mol. The van der Waals surface area contributed by atoms with Gasteiger partial charge < -0.3 is 130 Å². The Morgan fingerprint density at radius 2 is 0.442 bits per heavy atom. The first-order valence-electron chi connectivity index (χ1n) is 6.23. The zero-order valence-corrected chi connectivity index (χ0v) is 36.1. The van der Waals surface area contributed by atoms with E-state index in [4.69, 9.17) is 10.2 Å². The van der Waals surface area contributed by atoms with Crippen LogP contribution in [0.2, 0.25) is 0 Å². The third kappa shape index (κ3) is 67.4. The molecule has 0 saturated carbocycles. The molecule has 0 aromatic carbocycles. The number of carbonyl (C=O) groups excluding carboxylic acids is 6. The monoisotopic (exact) mass is 714 g/mol. The topological polar surface area (TPSA) is 628 Å². The van der Waals surface area contributed by atoms with Crippen molar-refractivity contribution in [1.29, 1.82) is 0 Å². The van der Waals surface area contributed by atoms with Crippen LogP contribution in [0, 0.1) is 0 Å². The number of aliphatic carboxylic acids is 6. The summed E-state index contributed by atoms with van der Waals surface area (Å²) in [5.74, 6) is -12.0. The molecule has 31 heteroatoms. The Hall–Kier alpha value is 2.30. The largest absolute Gasteiger partial charge is 1.00 e. The van der Waals surface area contributed by atoms with E-state index in [1.807, 2.05) is 0 Å². The summed E-state index contributed by atoms with van der Waals surface area (Å²) < 4.78 is 0. The van der Waals surface area contributed by atoms with Gasteiger partial charge in [-0.25, -0.2) is 0 Å². The molecule has 0 radical (unpaired) electrons. The molecule has 0 heterocycles. The van der Waals surface area contributed by atoms with Crippen molar-refractivity contribution in [3.63, 3.8) is 0 Å². The normalized spacial score (nSPS) is 6.56. The Kier molecular flexibility index (Phi) is 188. The molecule has 236 valence electrons. The Balaban J connectivity index is -0.0000000113. The number of carboxylic acids is 6. The molecule has 0 fully saturated rings. The predicted octanol–water partition coefficient (Wildman–Crippen LogP) is -37.6. The molecule has 0 rings (SSSR count). The zero-order chi connectivity index (χ0) is 21.3. The van der Waals surface area contributed by atoms with Crippen molar-refractivity contribution in [2.45, 2.75) is 36.9 Å². The molecule has 43 heavy (non-hydrogen) atoms. The minimum Gasteiger partial charge on any atom is -0.550 e. The summed E-state index contributed by atoms with van der Waals surface area (Å²) in [6.45, 7) is 0. The molecule has 0 bridgehead atoms. The van der Waals surface area contributed by atoms with E-state index in [2.05, 4.69) is 0 Å². The van der Waals surface area contributed by atoms with Crippen LogP contribution in [0.4, 0.5) is 0 Å². The molecule has 0 amide bonds. The second-order valence-corrected chi connectivity index (χ2v) is 4.83. The molecule has 0 unspecified atom stereocenters. The van der Waals surface area contributed by atoms with E-state index in [0.717, 1.165) is 0 Å². The van der Waals surface area contributed by atoms with Crippen molar-refractivity contribution >= 4 is 35.8 Å². The first-order valence-corrected chi connectivity index (χ1v) is 6.23. The fourth-order valence-electron chi connectivity index (χ4n) is 1.37. The van der Waals surface area contributed by atoms with Crippen LogP contribution in [-0.2, 0) is 28.8 Å². The summed E-state index contributed by atoms with van der Waals surface area (Å²) in [6.07, 6.45) is -5.43. The third-order valence-electron chi connectivity index (χ3n) is 2.51. The van der Waals surface area contributed by atoms with Gasteiger partial charge in [0.2, 0.25) is 0 Å². The summed E-state index contributed by atoms with van der Waals surface area (Å²) in [5, 5.41) is 77.9. The molecular weight excluding hydrogens is 682 g/mol. The summed E-state index contributed by atoms with van der Waals surface area (Å²) in [7, 11) is 0. The van der Waals surface area contributed by atoms with E-state index in [1.165, 1.54) is 0 Å². The number of hydrogen-bond donors (Lipinski definition) is 2. The van der Waals surface area contributed by atoms with Crippen molar-refractivity contribution in [3.05, 3.63) is 0 Å². The van der Waals surface area contributed by atoms with Gasteiger partial charge in [-0.2, -0.15) is 0 Å². The van der Waals surface area contributed by atoms with Gasteiger partial charge in [-0.3, -0.25) is 0 Å². The van der Waals surface area contributed by atoms with Gasteiger partial charge in [0.15, 0.2) is 0 Å². The van der Waals surface area contributed by atoms with Crippen LogP contribution in [-0.4, -0.2) is 117 Å². The summed E-state index contributed by atoms with van der Waals surface area (Å²) in [5.41, 5.74) is -5.95. The summed E-state index contributed by atoms with van der Waals surface area (Å²) in [6, 6.07) is 0. The minimum atomic E-state index is -2.97. The van der Waals surface area contributed by atoms with Crippen molar-refractivity contribution in [2.75, 3.05) is 0 Å². The number of aliphatic hydroxyl groups is 2. The van der Waals surface area contributed by atoms with Gasteiger partial charge >= 0.3 is 177 Å². The van der Waals surface area contributed by atoms with E-state index in [9.17, 15) is 59.4 Å². The van der Waals surface area contributed by atoms with Gasteiger partial charge in [0.1, 0.15) is 11.2 Å². The maximum Gasteiger partial charge on any atom is 1.00 e. The summed E-state index contributed by atoms with van der Waals surface area (Å²) in [4.78, 5) is 60.0. The van der Waals surface area contributed by atoms with Crippen LogP contribution in [0.5, 0.6) is 0 Å². The fourth-order valence-corrected chi connectivity index (χ4v) is 1.37. The Morgan fingerprint density at radius 3 is 0.488 bits per heavy atom. The van der Waals surface area contributed by atoms with E-state index in [1.54, 1.807) is 0 Å². The van der Waals surface area contributed by atoms with Gasteiger partial charge in [0.05, 0.1) is 11.9 Å². The summed E-state index contributed by atoms with van der Waals surface area (Å²) >= 11 is 0. The van der Waals surface area contributed by atoms with Crippen LogP contribution in [0.1, 0.15) is 25.7 Å². The minimum absolute atomic E-state index is 0. The van der Waals surface area contributed by atoms with Gasteiger partial charge in [0.25, 0.3) is 0 Å². The van der Waals surface area contributed by atoms with Gasteiger partial charge in [0, 0.05) is 49.6 Å². The number of carbonyl (C=O) groups is 6. The first-order chi connectivity index (χ1) is 11.6. The van der Waals surface area contributed by atoms with Gasteiger partial charge in [-0.05, 0) is 0 Å². The van der Waals surface area contributed by atoms with Crippen LogP contribution in [0.3, 0.4) is 0 Å². The van der Waals surface area contributed by atoms with Crippen LogP contribution < -0.4 is 208 Å². The molecule has 0 aromatic heterocycles. The Labute approximate surface area is 374 Å². The molecule has 24 N–H and O–H groups in total. The maximum absolute atomic E-state index is 10.1. The van der Waals surface area contributed by atoms with Crippen molar-refractivity contribution in [3.8, 4) is 0 Å². The SMILES string of the molecule is O.O.O.O.O.O.O.O.O.O.O.O=C([O-])CC(O)(CC(=O)[O-])C(=O)[O-].O=C([O-])CC(O)(CC(=O)[O-])C(=O)[O-].[Na+].[Na+].[Na+].[Na+].[Na+].[Na+]. The first kappa shape index (κ1) is 129. The smallest absolute Gasteiger partial charge is 0.550 e. The quantitative estimate of drug-likeness (QED) is 0.199. The third-order valence-corrected chi connectivity index (χ3v) is 2.51. The molecule has 0 aliphatic carbocycles. The molecule has 0 aliphatic rings. The standard InChI is InChI=1S/2C6H8O7.6Na.11H2O/c2*7-3(8)1-6(13,5(11)12)2-4(9)10;;;;;;;;;;;;;;;;;/h2*13H,1-2H2,(H,7,8)(H,9,10)(H,11,12);;;;;;;11*1H2/q;;6*+1;;;;;;;;;;;/p-6. The van der Waals surface area contributed by atoms with E-state index < -0.39 is 72.7 Å². The number of carboxylic acid groups (broad SMARTS) is 6. The van der Waals surface area contributed by atoms with E-state index in [0.29, 0.717) is 0 Å². The molecule has 0 aromatic rings. The van der Waals surface area contributed by atoms with Crippen molar-refractivity contribution < 1.29 is 307 Å². The van der Waals surface area contributed by atoms with Crippen molar-refractivity contribution in [2.24, 2.45) is 0 Å². The van der Waals surface area contributed by atoms with E-state index >= 15 is 0 Å². The van der Waals surface area contributed by atoms with E-state index in [-0.39, 0.29) is 238 Å². The molecule has 0 saturated heterocycles. The number of rotatable bonds is 10. The van der Waals surface area contributed by atoms with Crippen molar-refractivity contribution in [1.82, 2.24) is 0 Å². The van der Waals surface area contributed by atoms with Crippen LogP contribution in [0.15, 0.2) is 0 Å². The second kappa shape index (κ2) is 63.0. The molecule has 0 atom stereocenters. The zero-order valence-electron chi connectivity index (χ0n) is 24.1. The predicted molar refractivity (Wildman–Crippen MR) is 98.2 cm³/mol. The molecule has 0 spiro atoms. The van der Waals surface area contributed by atoms with Crippen LogP contribution >= 0.6 is 0 Å². The van der Waals surface area contributed by atoms with Crippen LogP contribution in [0.25, 0.3) is 0 Å². The second-order valence-electron chi connectivity index (χ2n) is 4.83. The number of hydrogen-bond acceptors (Lipinski definition) is 14. The fraction of sp³-hybridized carbons (Fsp3) is 0.500.